The number of para-hydroxylation sites is 2. The van der Waals surface area contributed by atoms with Crippen LogP contribution in [0.15, 0.2) is 110 Å². The summed E-state index contributed by atoms with van der Waals surface area (Å²) in [4.78, 5) is 60.7. The van der Waals surface area contributed by atoms with Crippen molar-refractivity contribution in [2.45, 2.75) is 6.92 Å². The molecule has 0 amide bonds. The molecule has 180 valence electrons. The number of aryl methyl sites for hydroxylation is 1. The monoisotopic (exact) mass is 489 g/mol. The third kappa shape index (κ3) is 3.52. The van der Waals surface area contributed by atoms with Gasteiger partial charge < -0.3 is 0 Å². The lowest BCUT2D eigenvalue weighted by Crippen LogP contribution is -2.38. The molecule has 9 nitrogen and oxygen atoms in total. The number of nitrogens with one attached hydrogen (secondary N) is 1. The Balaban J connectivity index is 1.81. The lowest BCUT2D eigenvalue weighted by molar-refractivity contribution is 0.840. The zero-order valence-corrected chi connectivity index (χ0v) is 19.6. The SMILES string of the molecule is Cc1ccc(-n2c3nc(=O)n(-c4ccccc4)c(=O)c-3cc3c(=O)n(-c4ccccc4)c(=O)[nH]c32)cc1. The van der Waals surface area contributed by atoms with Crippen LogP contribution in [0.1, 0.15) is 5.56 Å². The summed E-state index contributed by atoms with van der Waals surface area (Å²) in [6.45, 7) is 1.92. The topological polar surface area (TPSA) is 112 Å². The highest BCUT2D eigenvalue weighted by Crippen LogP contribution is 2.25. The van der Waals surface area contributed by atoms with Gasteiger partial charge >= 0.3 is 11.4 Å². The zero-order valence-electron chi connectivity index (χ0n) is 19.6. The molecular weight excluding hydrogens is 470 g/mol. The van der Waals surface area contributed by atoms with Crippen LogP contribution in [0.25, 0.3) is 39.5 Å². The quantitative estimate of drug-likeness (QED) is 0.384. The van der Waals surface area contributed by atoms with E-state index in [4.69, 9.17) is 0 Å². The number of hydrogen-bond donors (Lipinski definition) is 1. The van der Waals surface area contributed by atoms with E-state index < -0.39 is 22.5 Å². The number of nitrogens with zero attached hydrogens (tertiary/aromatic N) is 4. The van der Waals surface area contributed by atoms with Crippen LogP contribution in [-0.4, -0.2) is 23.7 Å². The molecule has 0 spiro atoms. The molecule has 0 aliphatic carbocycles. The van der Waals surface area contributed by atoms with Crippen LogP contribution < -0.4 is 22.5 Å². The molecule has 0 unspecified atom stereocenters. The van der Waals surface area contributed by atoms with Gasteiger partial charge in [0.15, 0.2) is 5.82 Å². The number of aromatic nitrogens is 5. The molecule has 2 aliphatic heterocycles. The minimum atomic E-state index is -0.774. The molecule has 0 radical (unpaired) electrons. The number of aromatic amines is 1. The Bertz CT molecular complexity index is 1950. The maximum absolute atomic E-state index is 13.7. The van der Waals surface area contributed by atoms with E-state index in [9.17, 15) is 19.2 Å². The van der Waals surface area contributed by atoms with Crippen molar-refractivity contribution >= 4 is 11.0 Å². The maximum atomic E-state index is 13.7. The number of hydrogen-bond acceptors (Lipinski definition) is 5. The Morgan fingerprint density at radius 3 is 1.84 bits per heavy atom. The highest BCUT2D eigenvalue weighted by atomic mass is 16.2. The fourth-order valence-corrected chi connectivity index (χ4v) is 4.46. The number of pyridine rings is 1. The first-order valence-corrected chi connectivity index (χ1v) is 11.5. The molecule has 0 fully saturated rings. The second kappa shape index (κ2) is 8.42. The van der Waals surface area contributed by atoms with Crippen LogP contribution in [0.3, 0.4) is 0 Å². The van der Waals surface area contributed by atoms with Gasteiger partial charge in [-0.05, 0) is 49.4 Å². The predicted molar refractivity (Wildman–Crippen MR) is 141 cm³/mol. The number of fused-ring (bicyclic) bond motifs is 2. The van der Waals surface area contributed by atoms with Crippen molar-refractivity contribution in [3.05, 3.63) is 138 Å². The van der Waals surface area contributed by atoms with E-state index >= 15 is 0 Å². The van der Waals surface area contributed by atoms with E-state index in [0.717, 1.165) is 14.7 Å². The number of H-pyrrole nitrogens is 1. The summed E-state index contributed by atoms with van der Waals surface area (Å²) in [5.41, 5.74) is -0.236. The average Bonchev–Trinajstić information content (AvgIpc) is 2.90. The van der Waals surface area contributed by atoms with Crippen LogP contribution in [0.2, 0.25) is 0 Å². The van der Waals surface area contributed by atoms with E-state index in [0.29, 0.717) is 17.1 Å². The van der Waals surface area contributed by atoms with Crippen LogP contribution in [-0.2, 0) is 0 Å². The van der Waals surface area contributed by atoms with Gasteiger partial charge in [-0.15, -0.1) is 0 Å². The van der Waals surface area contributed by atoms with Gasteiger partial charge in [-0.3, -0.25) is 19.1 Å². The minimum absolute atomic E-state index is 0.0334. The van der Waals surface area contributed by atoms with Gasteiger partial charge in [0.25, 0.3) is 11.1 Å². The van der Waals surface area contributed by atoms with Crippen LogP contribution in [0.5, 0.6) is 0 Å². The number of rotatable bonds is 3. The van der Waals surface area contributed by atoms with Crippen molar-refractivity contribution in [3.63, 3.8) is 0 Å². The molecule has 2 aliphatic rings. The molecule has 6 rings (SSSR count). The van der Waals surface area contributed by atoms with Gasteiger partial charge in [-0.1, -0.05) is 54.1 Å². The molecule has 1 N–H and O–H groups in total. The van der Waals surface area contributed by atoms with Gasteiger partial charge in [-0.25, -0.2) is 18.7 Å². The molecule has 1 aromatic heterocycles. The Kier molecular flexibility index (Phi) is 5.04. The highest BCUT2D eigenvalue weighted by molar-refractivity contribution is 5.84. The fourth-order valence-electron chi connectivity index (χ4n) is 4.46. The van der Waals surface area contributed by atoms with Crippen molar-refractivity contribution in [3.8, 4) is 28.5 Å². The first-order chi connectivity index (χ1) is 17.9. The molecule has 4 aromatic rings. The second-order valence-electron chi connectivity index (χ2n) is 8.59. The molecule has 37 heavy (non-hydrogen) atoms. The Morgan fingerprint density at radius 1 is 0.649 bits per heavy atom. The smallest absolute Gasteiger partial charge is 0.292 e. The van der Waals surface area contributed by atoms with Gasteiger partial charge in [0.2, 0.25) is 0 Å². The van der Waals surface area contributed by atoms with E-state index in [2.05, 4.69) is 9.97 Å². The predicted octanol–water partition coefficient (Wildman–Crippen LogP) is 2.79. The molecule has 0 saturated heterocycles. The third-order valence-electron chi connectivity index (χ3n) is 6.23. The summed E-state index contributed by atoms with van der Waals surface area (Å²) >= 11 is 0. The van der Waals surface area contributed by atoms with Gasteiger partial charge in [0.1, 0.15) is 5.65 Å². The number of benzene rings is 3. The molecule has 3 aromatic carbocycles. The summed E-state index contributed by atoms with van der Waals surface area (Å²) in [6, 6.07) is 25.6. The Labute approximate surface area is 208 Å². The summed E-state index contributed by atoms with van der Waals surface area (Å²) < 4.78 is 3.45. The Morgan fingerprint density at radius 2 is 1.22 bits per heavy atom. The van der Waals surface area contributed by atoms with Crippen LogP contribution >= 0.6 is 0 Å². The molecule has 9 heteroatoms. The van der Waals surface area contributed by atoms with Crippen molar-refractivity contribution in [2.24, 2.45) is 0 Å². The Hall–Kier alpha value is -5.31. The van der Waals surface area contributed by atoms with Gasteiger partial charge in [-0.2, -0.15) is 4.98 Å². The highest BCUT2D eigenvalue weighted by Gasteiger charge is 2.24. The van der Waals surface area contributed by atoms with E-state index in [1.165, 1.54) is 10.6 Å². The van der Waals surface area contributed by atoms with Crippen molar-refractivity contribution < 1.29 is 0 Å². The standard InChI is InChI=1S/C28H19N5O4/c1-17-12-14-20(15-13-17)31-23-21(25(34)32(27(36)29-23)18-8-4-2-5-9-18)16-22-24(31)30-28(37)33(26(22)35)19-10-6-3-7-11-19/h2-16H,1H3,(H,29,36). The van der Waals surface area contributed by atoms with Crippen LogP contribution in [0.4, 0.5) is 0 Å². The van der Waals surface area contributed by atoms with Gasteiger partial charge in [0.05, 0.1) is 22.3 Å². The zero-order chi connectivity index (χ0) is 25.7. The van der Waals surface area contributed by atoms with Crippen molar-refractivity contribution in [1.29, 1.82) is 0 Å². The third-order valence-corrected chi connectivity index (χ3v) is 6.23. The van der Waals surface area contributed by atoms with Crippen LogP contribution in [0, 0.1) is 6.92 Å². The fraction of sp³-hybridized carbons (Fsp3) is 0.0357. The largest absolute Gasteiger partial charge is 0.357 e. The van der Waals surface area contributed by atoms with E-state index in [1.807, 2.05) is 19.1 Å². The van der Waals surface area contributed by atoms with E-state index in [-0.39, 0.29) is 22.4 Å². The second-order valence-corrected chi connectivity index (χ2v) is 8.59. The van der Waals surface area contributed by atoms with E-state index in [1.54, 1.807) is 72.8 Å². The molecule has 0 atom stereocenters. The first-order valence-electron chi connectivity index (χ1n) is 11.5. The minimum Gasteiger partial charge on any atom is -0.292 e. The molecule has 0 saturated carbocycles. The summed E-state index contributed by atoms with van der Waals surface area (Å²) in [6.07, 6.45) is 0. The molecule has 0 bridgehead atoms. The first kappa shape index (κ1) is 22.2. The average molecular weight is 489 g/mol. The lowest BCUT2D eigenvalue weighted by Gasteiger charge is -2.19. The normalized spacial score (nSPS) is 11.3. The molecular formula is C28H19N5O4. The van der Waals surface area contributed by atoms with Gasteiger partial charge in [0, 0.05) is 5.69 Å². The molecule has 3 heterocycles. The summed E-state index contributed by atoms with van der Waals surface area (Å²) in [5, 5.41) is 0.0914. The summed E-state index contributed by atoms with van der Waals surface area (Å²) in [7, 11) is 0. The maximum Gasteiger partial charge on any atom is 0.357 e. The van der Waals surface area contributed by atoms with Crippen molar-refractivity contribution in [2.75, 3.05) is 0 Å². The van der Waals surface area contributed by atoms with Crippen molar-refractivity contribution in [1.82, 2.24) is 23.7 Å². The lowest BCUT2D eigenvalue weighted by atomic mass is 10.1. The summed E-state index contributed by atoms with van der Waals surface area (Å²) in [5.74, 6) is 0.0334.